The zero-order valence-electron chi connectivity index (χ0n) is 7.65. The van der Waals surface area contributed by atoms with E-state index in [1.165, 1.54) is 0 Å². The van der Waals surface area contributed by atoms with Gasteiger partial charge in [0.15, 0.2) is 12.4 Å². The summed E-state index contributed by atoms with van der Waals surface area (Å²) in [6.07, 6.45) is -1.55. The standard InChI is InChI=1S/C6H9O8P/c1-4(8)6(9)13-3-5(2-7)14-15(10,11)12/h2,5H,3H2,1H3,(H2,10,11,12). The Balaban J connectivity index is 4.13. The van der Waals surface area contributed by atoms with E-state index in [4.69, 9.17) is 9.79 Å². The van der Waals surface area contributed by atoms with E-state index in [-0.39, 0.29) is 6.29 Å². The molecule has 0 radical (unpaired) electrons. The Labute approximate surface area is 84.4 Å². The molecule has 1 unspecified atom stereocenters. The topological polar surface area (TPSA) is 127 Å². The number of phosphoric acid groups is 1. The van der Waals surface area contributed by atoms with Crippen molar-refractivity contribution in [2.75, 3.05) is 6.61 Å². The monoisotopic (exact) mass is 240 g/mol. The molecule has 0 aliphatic heterocycles. The summed E-state index contributed by atoms with van der Waals surface area (Å²) in [6.45, 7) is 0.217. The van der Waals surface area contributed by atoms with Crippen LogP contribution in [0.3, 0.4) is 0 Å². The van der Waals surface area contributed by atoms with Gasteiger partial charge in [-0.2, -0.15) is 0 Å². The van der Waals surface area contributed by atoms with Gasteiger partial charge in [0.2, 0.25) is 5.78 Å². The zero-order chi connectivity index (χ0) is 12.1. The largest absolute Gasteiger partial charge is 0.470 e. The van der Waals surface area contributed by atoms with Crippen LogP contribution in [0.15, 0.2) is 0 Å². The van der Waals surface area contributed by atoms with Gasteiger partial charge in [-0.1, -0.05) is 0 Å². The Hall–Kier alpha value is -1.08. The van der Waals surface area contributed by atoms with Gasteiger partial charge >= 0.3 is 13.8 Å². The van der Waals surface area contributed by atoms with Crippen molar-refractivity contribution in [3.63, 3.8) is 0 Å². The van der Waals surface area contributed by atoms with Gasteiger partial charge in [-0.05, 0) is 0 Å². The summed E-state index contributed by atoms with van der Waals surface area (Å²) < 4.78 is 18.4. The highest BCUT2D eigenvalue weighted by Crippen LogP contribution is 2.37. The van der Waals surface area contributed by atoms with Gasteiger partial charge < -0.3 is 19.3 Å². The highest BCUT2D eigenvalue weighted by Gasteiger charge is 2.23. The Kier molecular flexibility index (Phi) is 5.31. The molecule has 0 rings (SSSR count). The average Bonchev–Trinajstić information content (AvgIpc) is 2.09. The fourth-order valence-electron chi connectivity index (χ4n) is 0.530. The highest BCUT2D eigenvalue weighted by molar-refractivity contribution is 7.46. The van der Waals surface area contributed by atoms with Crippen LogP contribution in [0.4, 0.5) is 0 Å². The molecule has 0 spiro atoms. The minimum Gasteiger partial charge on any atom is -0.457 e. The first kappa shape index (κ1) is 13.9. The average molecular weight is 240 g/mol. The SMILES string of the molecule is CC(=O)C(=O)OCC(C=O)OP(=O)(O)O. The van der Waals surface area contributed by atoms with E-state index in [1.54, 1.807) is 0 Å². The Bertz CT molecular complexity index is 304. The summed E-state index contributed by atoms with van der Waals surface area (Å²) in [5.74, 6) is -2.10. The van der Waals surface area contributed by atoms with Crippen molar-refractivity contribution in [3.05, 3.63) is 0 Å². The normalized spacial score (nSPS) is 13.0. The van der Waals surface area contributed by atoms with Crippen LogP contribution in [-0.2, 0) is 28.2 Å². The van der Waals surface area contributed by atoms with Crippen LogP contribution >= 0.6 is 7.82 Å². The van der Waals surface area contributed by atoms with Crippen LogP contribution < -0.4 is 0 Å². The van der Waals surface area contributed by atoms with E-state index in [0.29, 0.717) is 0 Å². The van der Waals surface area contributed by atoms with Crippen molar-refractivity contribution < 1.29 is 38.0 Å². The Morgan fingerprint density at radius 3 is 2.33 bits per heavy atom. The van der Waals surface area contributed by atoms with Crippen molar-refractivity contribution >= 4 is 25.9 Å². The molecule has 15 heavy (non-hydrogen) atoms. The predicted octanol–water partition coefficient (Wildman–Crippen LogP) is -1.20. The molecule has 0 saturated carbocycles. The number of esters is 1. The zero-order valence-corrected chi connectivity index (χ0v) is 8.55. The molecule has 86 valence electrons. The summed E-state index contributed by atoms with van der Waals surface area (Å²) in [5.41, 5.74) is 0. The summed E-state index contributed by atoms with van der Waals surface area (Å²) in [4.78, 5) is 47.8. The quantitative estimate of drug-likeness (QED) is 0.256. The third-order valence-electron chi connectivity index (χ3n) is 1.09. The van der Waals surface area contributed by atoms with Gasteiger partial charge in [-0.3, -0.25) is 9.32 Å². The number of aldehydes is 1. The first-order chi connectivity index (χ1) is 6.76. The Morgan fingerprint density at radius 1 is 1.47 bits per heavy atom. The van der Waals surface area contributed by atoms with E-state index < -0.39 is 32.3 Å². The molecular weight excluding hydrogens is 231 g/mol. The van der Waals surface area contributed by atoms with Crippen molar-refractivity contribution in [1.82, 2.24) is 0 Å². The first-order valence-electron chi connectivity index (χ1n) is 3.63. The van der Waals surface area contributed by atoms with Gasteiger partial charge in [0.25, 0.3) is 0 Å². The minimum atomic E-state index is -4.83. The van der Waals surface area contributed by atoms with E-state index in [1.807, 2.05) is 0 Å². The van der Waals surface area contributed by atoms with Crippen LogP contribution in [0.2, 0.25) is 0 Å². The van der Waals surface area contributed by atoms with Crippen LogP contribution in [0, 0.1) is 0 Å². The van der Waals surface area contributed by atoms with Crippen LogP contribution in [0.5, 0.6) is 0 Å². The fraction of sp³-hybridized carbons (Fsp3) is 0.500. The maximum Gasteiger partial charge on any atom is 0.470 e. The third-order valence-corrected chi connectivity index (χ3v) is 1.64. The number of Topliss-reactive ketones (excluding diaryl/α,β-unsaturated/α-hetero) is 1. The molecule has 9 heteroatoms. The molecule has 0 fully saturated rings. The third kappa shape index (κ3) is 6.92. The number of ether oxygens (including phenoxy) is 1. The summed E-state index contributed by atoms with van der Waals surface area (Å²) >= 11 is 0. The lowest BCUT2D eigenvalue weighted by molar-refractivity contribution is -0.155. The van der Waals surface area contributed by atoms with E-state index in [0.717, 1.165) is 6.92 Å². The fourth-order valence-corrected chi connectivity index (χ4v) is 0.994. The predicted molar refractivity (Wildman–Crippen MR) is 44.6 cm³/mol. The number of hydrogen-bond acceptors (Lipinski definition) is 6. The Morgan fingerprint density at radius 2 is 2.00 bits per heavy atom. The van der Waals surface area contributed by atoms with Crippen LogP contribution in [0.1, 0.15) is 6.92 Å². The number of hydrogen-bond donors (Lipinski definition) is 2. The van der Waals surface area contributed by atoms with Crippen molar-refractivity contribution in [3.8, 4) is 0 Å². The molecule has 0 aromatic rings. The highest BCUT2D eigenvalue weighted by atomic mass is 31.2. The molecule has 0 aliphatic carbocycles. The van der Waals surface area contributed by atoms with E-state index in [2.05, 4.69) is 9.26 Å². The molecule has 8 nitrogen and oxygen atoms in total. The molecule has 0 aromatic carbocycles. The number of rotatable bonds is 6. The van der Waals surface area contributed by atoms with E-state index >= 15 is 0 Å². The summed E-state index contributed by atoms with van der Waals surface area (Å²) in [7, 11) is -4.83. The number of ketones is 1. The van der Waals surface area contributed by atoms with Crippen molar-refractivity contribution in [2.45, 2.75) is 13.0 Å². The molecule has 0 heterocycles. The molecule has 0 aromatic heterocycles. The second-order valence-electron chi connectivity index (χ2n) is 2.43. The molecular formula is C6H9O8P. The lowest BCUT2D eigenvalue weighted by Crippen LogP contribution is -2.25. The molecule has 2 N–H and O–H groups in total. The van der Waals surface area contributed by atoms with Gasteiger partial charge in [-0.15, -0.1) is 0 Å². The van der Waals surface area contributed by atoms with E-state index in [9.17, 15) is 18.9 Å². The number of carbonyl (C=O) groups excluding carboxylic acids is 3. The van der Waals surface area contributed by atoms with Crippen molar-refractivity contribution in [1.29, 1.82) is 0 Å². The molecule has 0 amide bonds. The maximum atomic E-state index is 10.6. The number of carbonyl (C=O) groups is 3. The second kappa shape index (κ2) is 5.72. The molecule has 0 aliphatic rings. The first-order valence-corrected chi connectivity index (χ1v) is 5.16. The lowest BCUT2D eigenvalue weighted by atomic mass is 10.4. The van der Waals surface area contributed by atoms with Crippen LogP contribution in [-0.4, -0.2) is 40.5 Å². The lowest BCUT2D eigenvalue weighted by Gasteiger charge is -2.11. The van der Waals surface area contributed by atoms with Gasteiger partial charge in [0.05, 0.1) is 0 Å². The van der Waals surface area contributed by atoms with Gasteiger partial charge in [0.1, 0.15) is 6.61 Å². The molecule has 0 saturated heterocycles. The molecule has 0 bridgehead atoms. The summed E-state index contributed by atoms with van der Waals surface area (Å²) in [6, 6.07) is 0. The van der Waals surface area contributed by atoms with Gasteiger partial charge in [-0.25, -0.2) is 9.36 Å². The summed E-state index contributed by atoms with van der Waals surface area (Å²) in [5, 5.41) is 0. The van der Waals surface area contributed by atoms with Gasteiger partial charge in [0, 0.05) is 6.92 Å². The van der Waals surface area contributed by atoms with Crippen molar-refractivity contribution in [2.24, 2.45) is 0 Å². The minimum absolute atomic E-state index is 0.0481. The maximum absolute atomic E-state index is 10.6. The second-order valence-corrected chi connectivity index (χ2v) is 3.62. The number of phosphoric ester groups is 1. The molecule has 1 atom stereocenters. The smallest absolute Gasteiger partial charge is 0.457 e. The van der Waals surface area contributed by atoms with Crippen LogP contribution in [0.25, 0.3) is 0 Å².